The Balaban J connectivity index is 2.03. The maximum atomic E-state index is 10.8. The second-order valence-electron chi connectivity index (χ2n) is 3.62. The van der Waals surface area contributed by atoms with Crippen LogP contribution in [-0.2, 0) is 6.61 Å². The second-order valence-corrected chi connectivity index (χ2v) is 3.62. The smallest absolute Gasteiger partial charge is 0.433 e. The van der Waals surface area contributed by atoms with E-state index in [9.17, 15) is 14.9 Å². The van der Waals surface area contributed by atoms with Crippen LogP contribution in [-0.4, -0.2) is 16.0 Å². The number of hydrogen-bond acceptors (Lipinski definition) is 5. The van der Waals surface area contributed by atoms with Crippen molar-refractivity contribution in [2.45, 2.75) is 6.61 Å². The number of furan rings is 1. The zero-order valence-electron chi connectivity index (χ0n) is 9.61. The molecular weight excluding hydrogens is 254 g/mol. The highest BCUT2D eigenvalue weighted by atomic mass is 16.6. The van der Waals surface area contributed by atoms with Crippen molar-refractivity contribution in [3.05, 3.63) is 57.8 Å². The van der Waals surface area contributed by atoms with Gasteiger partial charge in [-0.2, -0.15) is 0 Å². The highest BCUT2D eigenvalue weighted by Gasteiger charge is 2.12. The van der Waals surface area contributed by atoms with E-state index in [1.165, 1.54) is 24.3 Å². The molecule has 0 fully saturated rings. The van der Waals surface area contributed by atoms with Crippen LogP contribution < -0.4 is 4.74 Å². The van der Waals surface area contributed by atoms with E-state index in [2.05, 4.69) is 0 Å². The van der Waals surface area contributed by atoms with Gasteiger partial charge in [0.25, 0.3) is 0 Å². The Labute approximate surface area is 107 Å². The summed E-state index contributed by atoms with van der Waals surface area (Å²) in [5, 5.41) is 19.2. The number of carboxylic acids is 1. The Bertz CT molecular complexity index is 618. The summed E-state index contributed by atoms with van der Waals surface area (Å²) in [5.41, 5.74) is 0.0999. The minimum absolute atomic E-state index is 0.0170. The van der Waals surface area contributed by atoms with Gasteiger partial charge in [-0.25, -0.2) is 4.79 Å². The summed E-state index contributed by atoms with van der Waals surface area (Å²) >= 11 is 0. The van der Waals surface area contributed by atoms with Gasteiger partial charge in [-0.3, -0.25) is 10.1 Å². The summed E-state index contributed by atoms with van der Waals surface area (Å²) in [6, 6.07) is 8.59. The third-order valence-corrected chi connectivity index (χ3v) is 2.29. The summed E-state index contributed by atoms with van der Waals surface area (Å²) in [5.74, 6) is -0.789. The van der Waals surface area contributed by atoms with Crippen molar-refractivity contribution in [1.82, 2.24) is 0 Å². The van der Waals surface area contributed by atoms with E-state index in [0.29, 0.717) is 5.75 Å². The van der Waals surface area contributed by atoms with Crippen molar-refractivity contribution < 1.29 is 24.0 Å². The fourth-order valence-corrected chi connectivity index (χ4v) is 1.42. The number of benzene rings is 1. The van der Waals surface area contributed by atoms with Crippen molar-refractivity contribution >= 4 is 11.9 Å². The molecule has 1 aromatic carbocycles. The van der Waals surface area contributed by atoms with Crippen molar-refractivity contribution in [3.8, 4) is 5.75 Å². The lowest BCUT2D eigenvalue weighted by Crippen LogP contribution is -1.98. The first kappa shape index (κ1) is 12.6. The summed E-state index contributed by atoms with van der Waals surface area (Å²) in [7, 11) is 0. The number of nitro groups is 1. The fraction of sp³-hybridized carbons (Fsp3) is 0.0833. The standard InChI is InChI=1S/C12H9NO6/c14-12(15)8-2-1-3-9(6-8)18-7-10-4-5-11(19-10)13(16)17/h1-6H,7H2,(H,14,15). The summed E-state index contributed by atoms with van der Waals surface area (Å²) in [6.07, 6.45) is 0. The Kier molecular flexibility index (Phi) is 3.46. The van der Waals surface area contributed by atoms with Crippen LogP contribution in [0.5, 0.6) is 5.75 Å². The van der Waals surface area contributed by atoms with Gasteiger partial charge in [-0.05, 0) is 24.3 Å². The van der Waals surface area contributed by atoms with Crippen LogP contribution in [0.25, 0.3) is 0 Å². The summed E-state index contributed by atoms with van der Waals surface area (Å²) in [4.78, 5) is 20.5. The molecule has 0 aliphatic carbocycles. The van der Waals surface area contributed by atoms with Crippen LogP contribution in [0.4, 0.5) is 5.88 Å². The van der Waals surface area contributed by atoms with Crippen LogP contribution in [0.2, 0.25) is 0 Å². The third-order valence-electron chi connectivity index (χ3n) is 2.29. The lowest BCUT2D eigenvalue weighted by atomic mass is 10.2. The molecule has 7 heteroatoms. The molecule has 0 saturated carbocycles. The summed E-state index contributed by atoms with van der Waals surface area (Å²) in [6.45, 7) is -0.0170. The largest absolute Gasteiger partial charge is 0.486 e. The second kappa shape index (κ2) is 5.21. The van der Waals surface area contributed by atoms with Gasteiger partial charge in [0.2, 0.25) is 0 Å². The molecule has 0 radical (unpaired) electrons. The van der Waals surface area contributed by atoms with Gasteiger partial charge in [-0.1, -0.05) is 6.07 Å². The molecule has 0 atom stereocenters. The fourth-order valence-electron chi connectivity index (χ4n) is 1.42. The molecule has 0 bridgehead atoms. The highest BCUT2D eigenvalue weighted by molar-refractivity contribution is 5.87. The van der Waals surface area contributed by atoms with Gasteiger partial charge in [0, 0.05) is 0 Å². The molecule has 7 nitrogen and oxygen atoms in total. The maximum Gasteiger partial charge on any atom is 0.433 e. The van der Waals surface area contributed by atoms with E-state index in [-0.39, 0.29) is 23.8 Å². The van der Waals surface area contributed by atoms with Crippen LogP contribution in [0.1, 0.15) is 16.1 Å². The van der Waals surface area contributed by atoms with Crippen LogP contribution >= 0.6 is 0 Å². The summed E-state index contributed by atoms with van der Waals surface area (Å²) < 4.78 is 10.2. The SMILES string of the molecule is O=C(O)c1cccc(OCc2ccc([N+](=O)[O-])o2)c1. The van der Waals surface area contributed by atoms with E-state index in [1.807, 2.05) is 0 Å². The Morgan fingerprint density at radius 1 is 1.37 bits per heavy atom. The molecule has 2 rings (SSSR count). The van der Waals surface area contributed by atoms with E-state index >= 15 is 0 Å². The zero-order chi connectivity index (χ0) is 13.8. The van der Waals surface area contributed by atoms with Gasteiger partial charge in [0.05, 0.1) is 11.6 Å². The van der Waals surface area contributed by atoms with Crippen molar-refractivity contribution in [1.29, 1.82) is 0 Å². The predicted molar refractivity (Wildman–Crippen MR) is 63.1 cm³/mol. The predicted octanol–water partition coefficient (Wildman–Crippen LogP) is 2.47. The average molecular weight is 263 g/mol. The lowest BCUT2D eigenvalue weighted by Gasteiger charge is -2.04. The first-order valence-corrected chi connectivity index (χ1v) is 5.25. The number of nitrogens with zero attached hydrogens (tertiary/aromatic N) is 1. The normalized spacial score (nSPS) is 10.1. The molecule has 1 heterocycles. The van der Waals surface area contributed by atoms with Gasteiger partial charge in [-0.15, -0.1) is 0 Å². The maximum absolute atomic E-state index is 10.8. The van der Waals surface area contributed by atoms with Crippen molar-refractivity contribution in [2.24, 2.45) is 0 Å². The van der Waals surface area contributed by atoms with Crippen molar-refractivity contribution in [3.63, 3.8) is 0 Å². The number of carbonyl (C=O) groups is 1. The topological polar surface area (TPSA) is 103 Å². The van der Waals surface area contributed by atoms with Crippen LogP contribution in [0, 0.1) is 10.1 Å². The molecule has 19 heavy (non-hydrogen) atoms. The van der Waals surface area contributed by atoms with Crippen molar-refractivity contribution in [2.75, 3.05) is 0 Å². The molecule has 0 aliphatic rings. The highest BCUT2D eigenvalue weighted by Crippen LogP contribution is 2.19. The average Bonchev–Trinajstić information content (AvgIpc) is 2.85. The van der Waals surface area contributed by atoms with E-state index in [0.717, 1.165) is 0 Å². The van der Waals surface area contributed by atoms with E-state index in [1.54, 1.807) is 12.1 Å². The number of ether oxygens (including phenoxy) is 1. The van der Waals surface area contributed by atoms with E-state index in [4.69, 9.17) is 14.3 Å². The molecular formula is C12H9NO6. The Morgan fingerprint density at radius 3 is 2.79 bits per heavy atom. The molecule has 1 aromatic heterocycles. The molecule has 0 unspecified atom stereocenters. The monoisotopic (exact) mass is 263 g/mol. The Morgan fingerprint density at radius 2 is 2.16 bits per heavy atom. The molecule has 98 valence electrons. The minimum Gasteiger partial charge on any atom is -0.486 e. The number of aromatic carboxylic acids is 1. The lowest BCUT2D eigenvalue weighted by molar-refractivity contribution is -0.402. The Hall–Kier alpha value is -2.83. The molecule has 0 saturated heterocycles. The quantitative estimate of drug-likeness (QED) is 0.656. The zero-order valence-corrected chi connectivity index (χ0v) is 9.61. The molecule has 0 spiro atoms. The first-order valence-electron chi connectivity index (χ1n) is 5.25. The number of carboxylic acid groups (broad SMARTS) is 1. The molecule has 0 amide bonds. The van der Waals surface area contributed by atoms with Crippen LogP contribution in [0.15, 0.2) is 40.8 Å². The molecule has 2 aromatic rings. The van der Waals surface area contributed by atoms with Gasteiger partial charge in [0.15, 0.2) is 0 Å². The number of hydrogen-bond donors (Lipinski definition) is 1. The third kappa shape index (κ3) is 3.09. The van der Waals surface area contributed by atoms with Gasteiger partial charge >= 0.3 is 11.9 Å². The molecule has 0 aliphatic heterocycles. The van der Waals surface area contributed by atoms with Gasteiger partial charge in [0.1, 0.15) is 23.0 Å². The minimum atomic E-state index is -1.06. The molecule has 1 N–H and O–H groups in total. The first-order chi connectivity index (χ1) is 9.06. The number of rotatable bonds is 5. The van der Waals surface area contributed by atoms with Gasteiger partial charge < -0.3 is 14.3 Å². The van der Waals surface area contributed by atoms with E-state index < -0.39 is 10.9 Å². The van der Waals surface area contributed by atoms with Crippen LogP contribution in [0.3, 0.4) is 0 Å².